The number of hydrogen-bond acceptors (Lipinski definition) is 4. The lowest BCUT2D eigenvalue weighted by atomic mass is 10.1. The van der Waals surface area contributed by atoms with Crippen LogP contribution in [0.2, 0.25) is 0 Å². The molecular formula is C21H22BrF3N2O3. The van der Waals surface area contributed by atoms with Gasteiger partial charge in [0.05, 0.1) is 11.1 Å². The standard InChI is InChI=1S/C21H22BrF3N2O3/c22-15-5-7-17(8-6-15)30-14-16(28)13-26-9-11-27(12-10-26)20(29)18-3-1-2-4-19(18)21(23,24)25/h1-8,16,28H,9-14H2. The summed E-state index contributed by atoms with van der Waals surface area (Å²) in [4.78, 5) is 16.0. The molecule has 1 unspecified atom stereocenters. The Labute approximate surface area is 181 Å². The van der Waals surface area contributed by atoms with E-state index in [0.717, 1.165) is 10.5 Å². The summed E-state index contributed by atoms with van der Waals surface area (Å²) >= 11 is 3.34. The first-order chi connectivity index (χ1) is 14.2. The normalized spacial score (nSPS) is 16.4. The predicted octanol–water partition coefficient (Wildman–Crippen LogP) is 3.67. The summed E-state index contributed by atoms with van der Waals surface area (Å²) in [6.07, 6.45) is -5.30. The second-order valence-electron chi connectivity index (χ2n) is 7.05. The van der Waals surface area contributed by atoms with Gasteiger partial charge in [-0.1, -0.05) is 28.1 Å². The maximum Gasteiger partial charge on any atom is 0.417 e. The third-order valence-electron chi connectivity index (χ3n) is 4.85. The lowest BCUT2D eigenvalue weighted by Crippen LogP contribution is -2.51. The van der Waals surface area contributed by atoms with Crippen LogP contribution in [0, 0.1) is 0 Å². The van der Waals surface area contributed by atoms with E-state index in [2.05, 4.69) is 15.9 Å². The number of halogens is 4. The fraction of sp³-hybridized carbons (Fsp3) is 0.381. The Hall–Kier alpha value is -2.10. The van der Waals surface area contributed by atoms with E-state index in [1.54, 1.807) is 12.1 Å². The van der Waals surface area contributed by atoms with Crippen molar-refractivity contribution in [2.45, 2.75) is 12.3 Å². The van der Waals surface area contributed by atoms with Gasteiger partial charge in [-0.05, 0) is 36.4 Å². The van der Waals surface area contributed by atoms with Crippen molar-refractivity contribution in [3.63, 3.8) is 0 Å². The molecule has 162 valence electrons. The first-order valence-electron chi connectivity index (χ1n) is 9.48. The van der Waals surface area contributed by atoms with E-state index in [0.29, 0.717) is 38.5 Å². The van der Waals surface area contributed by atoms with Gasteiger partial charge in [0.15, 0.2) is 0 Å². The number of benzene rings is 2. The molecule has 0 spiro atoms. The number of carbonyl (C=O) groups excluding carboxylic acids is 1. The van der Waals surface area contributed by atoms with Gasteiger partial charge in [-0.15, -0.1) is 0 Å². The third kappa shape index (κ3) is 5.96. The molecule has 30 heavy (non-hydrogen) atoms. The molecule has 0 radical (unpaired) electrons. The van der Waals surface area contributed by atoms with Crippen LogP contribution in [0.25, 0.3) is 0 Å². The van der Waals surface area contributed by atoms with E-state index >= 15 is 0 Å². The minimum Gasteiger partial charge on any atom is -0.491 e. The van der Waals surface area contributed by atoms with Crippen molar-refractivity contribution >= 4 is 21.8 Å². The molecule has 0 saturated carbocycles. The van der Waals surface area contributed by atoms with Crippen LogP contribution < -0.4 is 4.74 Å². The number of nitrogens with zero attached hydrogens (tertiary/aromatic N) is 2. The Morgan fingerprint density at radius 1 is 1.07 bits per heavy atom. The number of amides is 1. The first kappa shape index (κ1) is 22.6. The van der Waals surface area contributed by atoms with Gasteiger partial charge < -0.3 is 14.7 Å². The molecule has 1 fully saturated rings. The molecular weight excluding hydrogens is 465 g/mol. The molecule has 0 aromatic heterocycles. The molecule has 1 aliphatic rings. The van der Waals surface area contributed by atoms with Crippen LogP contribution in [0.3, 0.4) is 0 Å². The SMILES string of the molecule is O=C(c1ccccc1C(F)(F)F)N1CCN(CC(O)COc2ccc(Br)cc2)CC1. The van der Waals surface area contributed by atoms with Gasteiger partial charge in [0, 0.05) is 37.2 Å². The van der Waals surface area contributed by atoms with E-state index in [1.165, 1.54) is 23.1 Å². The summed E-state index contributed by atoms with van der Waals surface area (Å²) in [6.45, 7) is 2.01. The summed E-state index contributed by atoms with van der Waals surface area (Å²) < 4.78 is 46.0. The largest absolute Gasteiger partial charge is 0.491 e. The number of aliphatic hydroxyl groups excluding tert-OH is 1. The second kappa shape index (κ2) is 9.80. The van der Waals surface area contributed by atoms with E-state index in [4.69, 9.17) is 4.74 Å². The fourth-order valence-corrected chi connectivity index (χ4v) is 3.56. The van der Waals surface area contributed by atoms with Crippen LogP contribution in [0.15, 0.2) is 53.0 Å². The van der Waals surface area contributed by atoms with Gasteiger partial charge in [-0.25, -0.2) is 0 Å². The minimum atomic E-state index is -4.58. The van der Waals surface area contributed by atoms with Gasteiger partial charge >= 0.3 is 6.18 Å². The Morgan fingerprint density at radius 3 is 2.33 bits per heavy atom. The highest BCUT2D eigenvalue weighted by molar-refractivity contribution is 9.10. The number of aliphatic hydroxyl groups is 1. The number of ether oxygens (including phenoxy) is 1. The van der Waals surface area contributed by atoms with Crippen molar-refractivity contribution in [2.75, 3.05) is 39.3 Å². The fourth-order valence-electron chi connectivity index (χ4n) is 3.29. The highest BCUT2D eigenvalue weighted by Crippen LogP contribution is 2.32. The molecule has 1 saturated heterocycles. The second-order valence-corrected chi connectivity index (χ2v) is 7.97. The molecule has 0 bridgehead atoms. The monoisotopic (exact) mass is 486 g/mol. The Kier molecular flexibility index (Phi) is 7.38. The average Bonchev–Trinajstić information content (AvgIpc) is 2.73. The number of hydrogen-bond donors (Lipinski definition) is 1. The number of rotatable bonds is 6. The molecule has 3 rings (SSSR count). The van der Waals surface area contributed by atoms with Crippen LogP contribution in [-0.4, -0.2) is 66.2 Å². The number of β-amino-alcohol motifs (C(OH)–C–C–N with tert-alkyl or cyclic N) is 1. The van der Waals surface area contributed by atoms with E-state index in [9.17, 15) is 23.1 Å². The molecule has 0 aliphatic carbocycles. The Bertz CT molecular complexity index is 853. The summed E-state index contributed by atoms with van der Waals surface area (Å²) in [6, 6.07) is 12.1. The van der Waals surface area contributed by atoms with Gasteiger partial charge in [0.2, 0.25) is 0 Å². The molecule has 1 aliphatic heterocycles. The number of alkyl halides is 3. The molecule has 1 atom stereocenters. The molecule has 5 nitrogen and oxygen atoms in total. The lowest BCUT2D eigenvalue weighted by molar-refractivity contribution is -0.138. The molecule has 2 aromatic rings. The quantitative estimate of drug-likeness (QED) is 0.676. The van der Waals surface area contributed by atoms with Gasteiger partial charge in [-0.3, -0.25) is 9.69 Å². The summed E-state index contributed by atoms with van der Waals surface area (Å²) in [5.41, 5.74) is -1.25. The van der Waals surface area contributed by atoms with Crippen LogP contribution in [0.4, 0.5) is 13.2 Å². The van der Waals surface area contributed by atoms with Crippen LogP contribution in [0.5, 0.6) is 5.75 Å². The van der Waals surface area contributed by atoms with E-state index < -0.39 is 23.8 Å². The van der Waals surface area contributed by atoms with E-state index in [-0.39, 0.29) is 12.2 Å². The number of carbonyl (C=O) groups is 1. The number of piperazine rings is 1. The Morgan fingerprint density at radius 2 is 1.70 bits per heavy atom. The maximum absolute atomic E-state index is 13.2. The third-order valence-corrected chi connectivity index (χ3v) is 5.38. The highest BCUT2D eigenvalue weighted by atomic mass is 79.9. The molecule has 2 aromatic carbocycles. The van der Waals surface area contributed by atoms with E-state index in [1.807, 2.05) is 17.0 Å². The molecule has 1 N–H and O–H groups in total. The summed E-state index contributed by atoms with van der Waals surface area (Å²) in [7, 11) is 0. The van der Waals surface area contributed by atoms with Crippen molar-refractivity contribution < 1.29 is 27.8 Å². The van der Waals surface area contributed by atoms with Crippen molar-refractivity contribution in [1.29, 1.82) is 0 Å². The molecule has 9 heteroatoms. The van der Waals surface area contributed by atoms with Gasteiger partial charge in [-0.2, -0.15) is 13.2 Å². The zero-order valence-electron chi connectivity index (χ0n) is 16.1. The van der Waals surface area contributed by atoms with Gasteiger partial charge in [0.1, 0.15) is 18.5 Å². The topological polar surface area (TPSA) is 53.0 Å². The average molecular weight is 487 g/mol. The predicted molar refractivity (Wildman–Crippen MR) is 109 cm³/mol. The van der Waals surface area contributed by atoms with Crippen molar-refractivity contribution in [3.05, 3.63) is 64.1 Å². The first-order valence-corrected chi connectivity index (χ1v) is 10.3. The lowest BCUT2D eigenvalue weighted by Gasteiger charge is -2.36. The van der Waals surface area contributed by atoms with Crippen molar-refractivity contribution in [3.8, 4) is 5.75 Å². The van der Waals surface area contributed by atoms with Crippen LogP contribution in [-0.2, 0) is 6.18 Å². The van der Waals surface area contributed by atoms with Gasteiger partial charge in [0.25, 0.3) is 5.91 Å². The Balaban J connectivity index is 1.49. The summed E-state index contributed by atoms with van der Waals surface area (Å²) in [5.74, 6) is 0.0256. The maximum atomic E-state index is 13.2. The van der Waals surface area contributed by atoms with Crippen LogP contribution in [0.1, 0.15) is 15.9 Å². The summed E-state index contributed by atoms with van der Waals surface area (Å²) in [5, 5.41) is 10.2. The zero-order valence-corrected chi connectivity index (χ0v) is 17.7. The van der Waals surface area contributed by atoms with Crippen LogP contribution >= 0.6 is 15.9 Å². The van der Waals surface area contributed by atoms with Crippen molar-refractivity contribution in [1.82, 2.24) is 9.80 Å². The zero-order chi connectivity index (χ0) is 21.7. The minimum absolute atomic E-state index is 0.125. The smallest absolute Gasteiger partial charge is 0.417 e. The molecule has 1 heterocycles. The van der Waals surface area contributed by atoms with Crippen molar-refractivity contribution in [2.24, 2.45) is 0 Å². The highest BCUT2D eigenvalue weighted by Gasteiger charge is 2.36. The molecule has 1 amide bonds.